The van der Waals surface area contributed by atoms with Gasteiger partial charge in [0.05, 0.1) is 25.3 Å². The fourth-order valence-electron chi connectivity index (χ4n) is 1.62. The van der Waals surface area contributed by atoms with E-state index in [1.54, 1.807) is 0 Å². The molecule has 10 heteroatoms. The molecule has 0 bridgehead atoms. The Morgan fingerprint density at radius 1 is 1.29 bits per heavy atom. The number of hydrogen-bond acceptors (Lipinski definition) is 8. The highest BCUT2D eigenvalue weighted by molar-refractivity contribution is 7.99. The maximum absolute atomic E-state index is 12.0. The van der Waals surface area contributed by atoms with Crippen molar-refractivity contribution in [1.29, 1.82) is 0 Å². The second-order valence-corrected chi connectivity index (χ2v) is 6.16. The first-order valence-electron chi connectivity index (χ1n) is 7.51. The number of carboxylic acids is 1. The Kier molecular flexibility index (Phi) is 12.3. The summed E-state index contributed by atoms with van der Waals surface area (Å²) in [7, 11) is 0. The van der Waals surface area contributed by atoms with E-state index in [1.165, 1.54) is 18.7 Å². The Bertz CT molecular complexity index is 409. The Labute approximate surface area is 145 Å². The van der Waals surface area contributed by atoms with Gasteiger partial charge in [-0.1, -0.05) is 6.92 Å². The number of amides is 1. The van der Waals surface area contributed by atoms with Gasteiger partial charge in [-0.3, -0.25) is 9.59 Å². The van der Waals surface area contributed by atoms with Crippen LogP contribution in [0.5, 0.6) is 0 Å². The summed E-state index contributed by atoms with van der Waals surface area (Å²) in [5.41, 5.74) is 5.79. The van der Waals surface area contributed by atoms with Crippen molar-refractivity contribution in [1.82, 2.24) is 5.32 Å². The predicted molar refractivity (Wildman–Crippen MR) is 88.6 cm³/mol. The Hall–Kier alpha value is -1.36. The van der Waals surface area contributed by atoms with Gasteiger partial charge < -0.3 is 30.7 Å². The van der Waals surface area contributed by atoms with Crippen LogP contribution in [0.25, 0.3) is 0 Å². The molecule has 0 aromatic rings. The number of carbonyl (C=O) groups is 3. The molecule has 140 valence electrons. The first kappa shape index (κ1) is 22.6. The zero-order valence-corrected chi connectivity index (χ0v) is 14.7. The molecule has 0 aliphatic heterocycles. The second kappa shape index (κ2) is 13.0. The Morgan fingerprint density at radius 3 is 2.46 bits per heavy atom. The molecule has 24 heavy (non-hydrogen) atoms. The van der Waals surface area contributed by atoms with Gasteiger partial charge in [-0.15, -0.1) is 0 Å². The molecule has 5 N–H and O–H groups in total. The lowest BCUT2D eigenvalue weighted by Crippen LogP contribution is -2.48. The van der Waals surface area contributed by atoms with E-state index in [9.17, 15) is 14.4 Å². The highest BCUT2D eigenvalue weighted by Crippen LogP contribution is 2.08. The summed E-state index contributed by atoms with van der Waals surface area (Å²) in [6.45, 7) is 2.46. The maximum atomic E-state index is 12.0. The predicted octanol–water partition coefficient (Wildman–Crippen LogP) is -1.03. The van der Waals surface area contributed by atoms with E-state index in [-0.39, 0.29) is 30.9 Å². The van der Waals surface area contributed by atoms with E-state index >= 15 is 0 Å². The van der Waals surface area contributed by atoms with Crippen LogP contribution in [0.4, 0.5) is 0 Å². The van der Waals surface area contributed by atoms with Gasteiger partial charge in [-0.25, -0.2) is 4.79 Å². The fraction of sp³-hybridized carbons (Fsp3) is 0.786. The molecule has 0 spiro atoms. The van der Waals surface area contributed by atoms with Gasteiger partial charge in [0, 0.05) is 18.4 Å². The van der Waals surface area contributed by atoms with Crippen LogP contribution >= 0.6 is 11.8 Å². The highest BCUT2D eigenvalue weighted by atomic mass is 32.2. The Balaban J connectivity index is 4.11. The molecule has 0 heterocycles. The van der Waals surface area contributed by atoms with Crippen LogP contribution in [-0.4, -0.2) is 77.6 Å². The first-order valence-corrected chi connectivity index (χ1v) is 8.66. The molecule has 0 aliphatic rings. The third kappa shape index (κ3) is 11.2. The van der Waals surface area contributed by atoms with Gasteiger partial charge >= 0.3 is 11.9 Å². The second-order valence-electron chi connectivity index (χ2n) is 5.08. The van der Waals surface area contributed by atoms with Crippen molar-refractivity contribution in [3.63, 3.8) is 0 Å². The van der Waals surface area contributed by atoms with E-state index in [0.717, 1.165) is 0 Å². The molecule has 0 rings (SSSR count). The molecule has 0 saturated carbocycles. The normalized spacial score (nSPS) is 14.5. The summed E-state index contributed by atoms with van der Waals surface area (Å²) >= 11 is 1.29. The van der Waals surface area contributed by atoms with Gasteiger partial charge in [0.15, 0.2) is 0 Å². The van der Waals surface area contributed by atoms with Crippen LogP contribution in [-0.2, 0) is 23.9 Å². The number of carbonyl (C=O) groups excluding carboxylic acids is 2. The number of ether oxygens (including phenoxy) is 2. The van der Waals surface area contributed by atoms with Gasteiger partial charge in [0.25, 0.3) is 0 Å². The molecule has 3 unspecified atom stereocenters. The minimum absolute atomic E-state index is 0.0907. The van der Waals surface area contributed by atoms with Crippen LogP contribution in [0, 0.1) is 0 Å². The summed E-state index contributed by atoms with van der Waals surface area (Å²) < 4.78 is 9.83. The maximum Gasteiger partial charge on any atom is 0.329 e. The molecule has 0 aliphatic carbocycles. The van der Waals surface area contributed by atoms with Crippen molar-refractivity contribution >= 4 is 29.6 Å². The summed E-state index contributed by atoms with van der Waals surface area (Å²) in [5, 5.41) is 20.3. The van der Waals surface area contributed by atoms with E-state index in [4.69, 9.17) is 25.4 Å². The lowest BCUT2D eigenvalue weighted by molar-refractivity contribution is -0.147. The van der Waals surface area contributed by atoms with E-state index in [1.807, 2.05) is 6.92 Å². The highest BCUT2D eigenvalue weighted by Gasteiger charge is 2.19. The number of hydrogen-bond donors (Lipinski definition) is 4. The van der Waals surface area contributed by atoms with Gasteiger partial charge in [-0.05, 0) is 6.42 Å². The van der Waals surface area contributed by atoms with Crippen LogP contribution in [0.1, 0.15) is 20.3 Å². The van der Waals surface area contributed by atoms with Crippen molar-refractivity contribution in [3.05, 3.63) is 0 Å². The number of rotatable bonds is 13. The molecule has 0 saturated heterocycles. The molecular formula is C14H26N2O7S. The summed E-state index contributed by atoms with van der Waals surface area (Å²) in [4.78, 5) is 33.2. The van der Waals surface area contributed by atoms with E-state index < -0.39 is 30.7 Å². The summed E-state index contributed by atoms with van der Waals surface area (Å²) in [6.07, 6.45) is -0.0554. The van der Waals surface area contributed by atoms with Crippen molar-refractivity contribution in [2.75, 3.05) is 31.3 Å². The number of thioether (sulfide) groups is 1. The van der Waals surface area contributed by atoms with Crippen LogP contribution in [0.2, 0.25) is 0 Å². The van der Waals surface area contributed by atoms with Crippen molar-refractivity contribution < 1.29 is 34.1 Å². The number of aliphatic hydroxyl groups excluding tert-OH is 1. The van der Waals surface area contributed by atoms with Crippen LogP contribution < -0.4 is 11.1 Å². The van der Waals surface area contributed by atoms with E-state index in [0.29, 0.717) is 12.2 Å². The summed E-state index contributed by atoms with van der Waals surface area (Å²) in [5.74, 6) is -1.31. The third-order valence-corrected chi connectivity index (χ3v) is 4.06. The average Bonchev–Trinajstić information content (AvgIpc) is 2.51. The zero-order chi connectivity index (χ0) is 18.5. The first-order chi connectivity index (χ1) is 11.3. The standard InChI is InChI=1S/C14H26N2O7S/c1-3-10(5-22-6-13(19)20)16-14(21)12(15)8-24-7-11(4-17)23-9(2)18/h10-12,17H,3-8,15H2,1-2H3,(H,16,21)(H,19,20). The monoisotopic (exact) mass is 366 g/mol. The number of aliphatic carboxylic acids is 1. The minimum atomic E-state index is -1.07. The molecule has 0 aromatic heterocycles. The third-order valence-electron chi connectivity index (χ3n) is 2.86. The molecule has 0 radical (unpaired) electrons. The molecule has 1 amide bonds. The lowest BCUT2D eigenvalue weighted by atomic mass is 10.2. The van der Waals surface area contributed by atoms with Crippen LogP contribution in [0.3, 0.4) is 0 Å². The minimum Gasteiger partial charge on any atom is -0.480 e. The molecule has 9 nitrogen and oxygen atoms in total. The topological polar surface area (TPSA) is 148 Å². The van der Waals surface area contributed by atoms with Gasteiger partial charge in [0.1, 0.15) is 12.7 Å². The molecule has 3 atom stereocenters. The summed E-state index contributed by atoms with van der Waals surface area (Å²) in [6, 6.07) is -1.10. The smallest absolute Gasteiger partial charge is 0.329 e. The van der Waals surface area contributed by atoms with Crippen molar-refractivity contribution in [2.24, 2.45) is 5.73 Å². The van der Waals surface area contributed by atoms with Gasteiger partial charge in [-0.2, -0.15) is 11.8 Å². The SMILES string of the molecule is CCC(COCC(=O)O)NC(=O)C(N)CSCC(CO)OC(C)=O. The number of nitrogens with two attached hydrogens (primary N) is 1. The fourth-order valence-corrected chi connectivity index (χ4v) is 2.60. The van der Waals surface area contributed by atoms with Crippen molar-refractivity contribution in [3.8, 4) is 0 Å². The van der Waals surface area contributed by atoms with E-state index in [2.05, 4.69) is 5.32 Å². The van der Waals surface area contributed by atoms with Crippen LogP contribution in [0.15, 0.2) is 0 Å². The molecular weight excluding hydrogens is 340 g/mol. The lowest BCUT2D eigenvalue weighted by Gasteiger charge is -2.20. The number of esters is 1. The Morgan fingerprint density at radius 2 is 1.96 bits per heavy atom. The zero-order valence-electron chi connectivity index (χ0n) is 13.9. The number of carboxylic acid groups (broad SMARTS) is 1. The number of aliphatic hydroxyl groups is 1. The molecule has 0 aromatic carbocycles. The number of nitrogens with one attached hydrogen (secondary N) is 1. The average molecular weight is 366 g/mol. The van der Waals surface area contributed by atoms with Crippen molar-refractivity contribution in [2.45, 2.75) is 38.5 Å². The largest absolute Gasteiger partial charge is 0.480 e. The quantitative estimate of drug-likeness (QED) is 0.300. The van der Waals surface area contributed by atoms with Gasteiger partial charge in [0.2, 0.25) is 5.91 Å². The molecule has 0 fully saturated rings.